The first-order valence-electron chi connectivity index (χ1n) is 8.90. The van der Waals surface area contributed by atoms with Crippen molar-refractivity contribution in [3.8, 4) is 5.88 Å². The first-order chi connectivity index (χ1) is 13.2. The Kier molecular flexibility index (Phi) is 4.97. The van der Waals surface area contributed by atoms with Crippen LogP contribution in [-0.2, 0) is 11.2 Å². The molecule has 4 heterocycles. The van der Waals surface area contributed by atoms with Gasteiger partial charge < -0.3 is 14.4 Å². The molecule has 1 unspecified atom stereocenters. The zero-order chi connectivity index (χ0) is 18.6. The zero-order valence-electron chi connectivity index (χ0n) is 15.1. The van der Waals surface area contributed by atoms with Gasteiger partial charge in [0, 0.05) is 37.6 Å². The van der Waals surface area contributed by atoms with Crippen molar-refractivity contribution in [3.63, 3.8) is 0 Å². The molecule has 4 rings (SSSR count). The Balaban J connectivity index is 1.50. The first-order valence-corrected chi connectivity index (χ1v) is 8.90. The lowest BCUT2D eigenvalue weighted by atomic mass is 10.0. The van der Waals surface area contributed by atoms with Gasteiger partial charge in [0.05, 0.1) is 26.0 Å². The zero-order valence-corrected chi connectivity index (χ0v) is 15.1. The number of ether oxygens (including phenoxy) is 2. The number of imidazole rings is 1. The van der Waals surface area contributed by atoms with E-state index in [2.05, 4.69) is 15.1 Å². The molecule has 27 heavy (non-hydrogen) atoms. The van der Waals surface area contributed by atoms with E-state index in [1.54, 1.807) is 29.0 Å². The first kappa shape index (κ1) is 17.4. The number of methoxy groups -OCH3 is 1. The second-order valence-electron chi connectivity index (χ2n) is 6.51. The van der Waals surface area contributed by atoms with Gasteiger partial charge in [0.1, 0.15) is 5.56 Å². The largest absolute Gasteiger partial charge is 0.480 e. The summed E-state index contributed by atoms with van der Waals surface area (Å²) >= 11 is 0. The third kappa shape index (κ3) is 3.75. The highest BCUT2D eigenvalue weighted by Crippen LogP contribution is 2.19. The molecular weight excluding hydrogens is 346 g/mol. The van der Waals surface area contributed by atoms with Crippen LogP contribution in [0.25, 0.3) is 5.65 Å². The minimum atomic E-state index is -0.0894. The maximum absolute atomic E-state index is 13.0. The van der Waals surface area contributed by atoms with Crippen LogP contribution in [0.5, 0.6) is 5.88 Å². The number of hydrogen-bond donors (Lipinski definition) is 0. The van der Waals surface area contributed by atoms with E-state index < -0.39 is 0 Å². The molecule has 0 aliphatic carbocycles. The molecule has 0 spiro atoms. The molecular formula is C19H21N5O3. The Bertz CT molecular complexity index is 942. The number of amides is 1. The number of aromatic nitrogens is 4. The molecule has 1 amide bonds. The van der Waals surface area contributed by atoms with E-state index in [1.807, 2.05) is 23.2 Å². The predicted molar refractivity (Wildman–Crippen MR) is 97.7 cm³/mol. The number of hydrogen-bond acceptors (Lipinski definition) is 6. The standard InChI is InChI=1S/C19H21N5O3/c1-26-18-16(3-2-6-21-18)19(25)23-9-10-27-13-14(12-23)11-15-4-5-17-20-7-8-24(17)22-15/h2-8,14H,9-13H2,1H3. The summed E-state index contributed by atoms with van der Waals surface area (Å²) < 4.78 is 12.7. The van der Waals surface area contributed by atoms with Gasteiger partial charge in [0.2, 0.25) is 5.88 Å². The van der Waals surface area contributed by atoms with Gasteiger partial charge in [-0.3, -0.25) is 4.79 Å². The van der Waals surface area contributed by atoms with E-state index in [0.29, 0.717) is 37.7 Å². The van der Waals surface area contributed by atoms with Gasteiger partial charge in [-0.05, 0) is 30.7 Å². The average molecular weight is 367 g/mol. The Morgan fingerprint density at radius 2 is 2.22 bits per heavy atom. The lowest BCUT2D eigenvalue weighted by Crippen LogP contribution is -2.36. The van der Waals surface area contributed by atoms with Gasteiger partial charge in [0.25, 0.3) is 5.91 Å². The molecule has 1 atom stereocenters. The van der Waals surface area contributed by atoms with Crippen LogP contribution >= 0.6 is 0 Å². The van der Waals surface area contributed by atoms with Crippen molar-refractivity contribution in [1.29, 1.82) is 0 Å². The van der Waals surface area contributed by atoms with E-state index in [-0.39, 0.29) is 11.8 Å². The summed E-state index contributed by atoms with van der Waals surface area (Å²) in [4.78, 5) is 23.1. The SMILES string of the molecule is COc1ncccc1C(=O)N1CCOCC(Cc2ccc3nccn3n2)C1. The van der Waals surface area contributed by atoms with Gasteiger partial charge in [0.15, 0.2) is 5.65 Å². The molecule has 1 aliphatic rings. The molecule has 8 heteroatoms. The van der Waals surface area contributed by atoms with Gasteiger partial charge in [-0.25, -0.2) is 14.5 Å². The average Bonchev–Trinajstić information content (AvgIpc) is 3.05. The van der Waals surface area contributed by atoms with Crippen LogP contribution < -0.4 is 4.74 Å². The molecule has 1 fully saturated rings. The summed E-state index contributed by atoms with van der Waals surface area (Å²) in [5.41, 5.74) is 2.23. The lowest BCUT2D eigenvalue weighted by molar-refractivity contribution is 0.0733. The topological polar surface area (TPSA) is 81.8 Å². The Hall–Kier alpha value is -3.00. The highest BCUT2D eigenvalue weighted by atomic mass is 16.5. The Morgan fingerprint density at radius 3 is 3.11 bits per heavy atom. The van der Waals surface area contributed by atoms with Gasteiger partial charge >= 0.3 is 0 Å². The second-order valence-corrected chi connectivity index (χ2v) is 6.51. The van der Waals surface area contributed by atoms with Crippen LogP contribution in [0.1, 0.15) is 16.1 Å². The molecule has 3 aromatic heterocycles. The number of carbonyl (C=O) groups excluding carboxylic acids is 1. The Labute approximate surface area is 156 Å². The molecule has 1 aliphatic heterocycles. The summed E-state index contributed by atoms with van der Waals surface area (Å²) in [6.45, 7) is 2.25. The molecule has 0 aromatic carbocycles. The summed E-state index contributed by atoms with van der Waals surface area (Å²) in [6, 6.07) is 7.40. The van der Waals surface area contributed by atoms with Gasteiger partial charge in [-0.15, -0.1) is 0 Å². The lowest BCUT2D eigenvalue weighted by Gasteiger charge is -2.24. The predicted octanol–water partition coefficient (Wildman–Crippen LogP) is 1.46. The summed E-state index contributed by atoms with van der Waals surface area (Å²) in [7, 11) is 1.52. The van der Waals surface area contributed by atoms with Gasteiger partial charge in [-0.1, -0.05) is 0 Å². The van der Waals surface area contributed by atoms with Crippen molar-refractivity contribution in [3.05, 3.63) is 54.1 Å². The molecule has 140 valence electrons. The molecule has 0 N–H and O–H groups in total. The Morgan fingerprint density at radius 1 is 1.30 bits per heavy atom. The quantitative estimate of drug-likeness (QED) is 0.694. The summed E-state index contributed by atoms with van der Waals surface area (Å²) in [5.74, 6) is 0.414. The number of carbonyl (C=O) groups is 1. The van der Waals surface area contributed by atoms with E-state index >= 15 is 0 Å². The van der Waals surface area contributed by atoms with Crippen molar-refractivity contribution in [2.75, 3.05) is 33.4 Å². The molecule has 0 radical (unpaired) electrons. The number of pyridine rings is 1. The van der Waals surface area contributed by atoms with Crippen molar-refractivity contribution >= 4 is 11.6 Å². The van der Waals surface area contributed by atoms with E-state index in [9.17, 15) is 4.79 Å². The summed E-state index contributed by atoms with van der Waals surface area (Å²) in [5, 5.41) is 4.58. The fourth-order valence-electron chi connectivity index (χ4n) is 3.33. The van der Waals surface area contributed by atoms with Crippen LogP contribution in [0.15, 0.2) is 42.9 Å². The third-order valence-electron chi connectivity index (χ3n) is 4.63. The van der Waals surface area contributed by atoms with Crippen LogP contribution in [0.2, 0.25) is 0 Å². The van der Waals surface area contributed by atoms with Crippen LogP contribution in [0.3, 0.4) is 0 Å². The maximum Gasteiger partial charge on any atom is 0.259 e. The van der Waals surface area contributed by atoms with Crippen molar-refractivity contribution in [2.24, 2.45) is 5.92 Å². The normalized spacial score (nSPS) is 17.7. The number of nitrogens with zero attached hydrogens (tertiary/aromatic N) is 5. The monoisotopic (exact) mass is 367 g/mol. The van der Waals surface area contributed by atoms with E-state index in [4.69, 9.17) is 9.47 Å². The molecule has 8 nitrogen and oxygen atoms in total. The van der Waals surface area contributed by atoms with Crippen molar-refractivity contribution in [2.45, 2.75) is 6.42 Å². The summed E-state index contributed by atoms with van der Waals surface area (Å²) in [6.07, 6.45) is 5.89. The molecule has 0 bridgehead atoms. The highest BCUT2D eigenvalue weighted by molar-refractivity contribution is 5.96. The van der Waals surface area contributed by atoms with E-state index in [0.717, 1.165) is 17.8 Å². The smallest absolute Gasteiger partial charge is 0.259 e. The maximum atomic E-state index is 13.0. The second kappa shape index (κ2) is 7.71. The van der Waals surface area contributed by atoms with Crippen molar-refractivity contribution in [1.82, 2.24) is 24.5 Å². The molecule has 1 saturated heterocycles. The van der Waals surface area contributed by atoms with Crippen LogP contribution in [-0.4, -0.2) is 63.8 Å². The third-order valence-corrected chi connectivity index (χ3v) is 4.63. The fourth-order valence-corrected chi connectivity index (χ4v) is 3.33. The minimum absolute atomic E-state index is 0.0894. The molecule has 0 saturated carbocycles. The van der Waals surface area contributed by atoms with Crippen molar-refractivity contribution < 1.29 is 14.3 Å². The van der Waals surface area contributed by atoms with E-state index in [1.165, 1.54) is 7.11 Å². The fraction of sp³-hybridized carbons (Fsp3) is 0.368. The number of fused-ring (bicyclic) bond motifs is 1. The van der Waals surface area contributed by atoms with Gasteiger partial charge in [-0.2, -0.15) is 5.10 Å². The molecule has 3 aromatic rings. The number of rotatable bonds is 4. The van der Waals surface area contributed by atoms with Crippen LogP contribution in [0, 0.1) is 5.92 Å². The van der Waals surface area contributed by atoms with Crippen LogP contribution in [0.4, 0.5) is 0 Å². The minimum Gasteiger partial charge on any atom is -0.480 e. The highest BCUT2D eigenvalue weighted by Gasteiger charge is 2.26.